The Bertz CT molecular complexity index is 764. The molecule has 0 heterocycles. The average Bonchev–Trinajstić information content (AvgIpc) is 2.99. The smallest absolute Gasteiger partial charge is 0.0406 e. The fourth-order valence-corrected chi connectivity index (χ4v) is 3.87. The van der Waals surface area contributed by atoms with E-state index in [0.29, 0.717) is 0 Å². The van der Waals surface area contributed by atoms with E-state index in [-0.39, 0.29) is 58.4 Å². The third kappa shape index (κ3) is 10.6. The van der Waals surface area contributed by atoms with Crippen LogP contribution in [0, 0.1) is 84.1 Å². The molecule has 0 amide bonds. The van der Waals surface area contributed by atoms with Crippen LogP contribution >= 0.6 is 11.6 Å². The summed E-state index contributed by atoms with van der Waals surface area (Å²) < 4.78 is -0.239. The SMILES string of the molecule is Cc1c(C)c(C)[c-](C)c1C.Cc1c(C)c(C)[c-](C)c1C.[CH3-].[CH3-].[Rh].[Rh].[S-]C([S-])c1ccc(Cl)cc1. The van der Waals surface area contributed by atoms with E-state index in [9.17, 15) is 0 Å². The summed E-state index contributed by atoms with van der Waals surface area (Å²) in [7, 11) is 0. The number of hydrogen-bond donors (Lipinski definition) is 0. The topological polar surface area (TPSA) is 0 Å². The van der Waals surface area contributed by atoms with E-state index in [1.54, 1.807) is 12.1 Å². The van der Waals surface area contributed by atoms with Gasteiger partial charge in [-0.1, -0.05) is 98.5 Å². The monoisotopic (exact) mass is 694 g/mol. The number of benzene rings is 1. The first-order chi connectivity index (χ1) is 13.8. The molecule has 0 spiro atoms. The fourth-order valence-electron chi connectivity index (χ4n) is 3.43. The first-order valence-corrected chi connectivity index (χ1v) is 11.6. The standard InChI is InChI=1S/2C10H15.C7H7ClS2.2CH3.2Rh/c2*1-6-7(2)9(4)10(5)8(6)3;8-6-3-1-5(2-4-6)7(9)10;;;;/h2*1-5H3;1-4,7,9-10H;2*1H3;;/q2*-1;;2*-1;;/p-2. The predicted octanol–water partition coefficient (Wildman–Crippen LogP) is 9.22. The number of hydrogen-bond acceptors (Lipinski definition) is 2. The summed E-state index contributed by atoms with van der Waals surface area (Å²) in [5.41, 5.74) is 15.6. The molecular weight excluding hydrogens is 654 g/mol. The quantitative estimate of drug-likeness (QED) is 0.142. The maximum absolute atomic E-state index is 5.65. The summed E-state index contributed by atoms with van der Waals surface area (Å²) in [6.45, 7) is 22.0. The first-order valence-electron chi connectivity index (χ1n) is 10.3. The van der Waals surface area contributed by atoms with Gasteiger partial charge in [0.05, 0.1) is 0 Å². The van der Waals surface area contributed by atoms with E-state index in [4.69, 9.17) is 36.9 Å². The van der Waals surface area contributed by atoms with Gasteiger partial charge in [0.1, 0.15) is 0 Å². The number of halogens is 1. The van der Waals surface area contributed by atoms with Crippen LogP contribution in [0.25, 0.3) is 0 Å². The van der Waals surface area contributed by atoms with Gasteiger partial charge in [0, 0.05) is 44.0 Å². The average molecular weight is 695 g/mol. The Hall–Kier alpha value is 0.157. The summed E-state index contributed by atoms with van der Waals surface area (Å²) in [4.78, 5) is 0. The van der Waals surface area contributed by atoms with Gasteiger partial charge in [-0.05, 0) is 12.1 Å². The van der Waals surface area contributed by atoms with Gasteiger partial charge in [0.25, 0.3) is 0 Å². The molecule has 0 aliphatic heterocycles. The molecule has 0 unspecified atom stereocenters. The molecule has 200 valence electrons. The summed E-state index contributed by atoms with van der Waals surface area (Å²) in [5, 5.41) is 0.717. The zero-order valence-corrected chi connectivity index (χ0v) is 28.4. The number of rotatable bonds is 1. The predicted molar refractivity (Wildman–Crippen MR) is 153 cm³/mol. The van der Waals surface area contributed by atoms with Crippen LogP contribution in [0.15, 0.2) is 24.3 Å². The zero-order valence-electron chi connectivity index (χ0n) is 22.7. The largest absolute Gasteiger partial charge is 0.810 e. The van der Waals surface area contributed by atoms with Crippen LogP contribution in [0.1, 0.15) is 65.8 Å². The molecule has 0 aliphatic carbocycles. The van der Waals surface area contributed by atoms with Gasteiger partial charge in [0.2, 0.25) is 0 Å². The van der Waals surface area contributed by atoms with E-state index >= 15 is 0 Å². The van der Waals surface area contributed by atoms with E-state index in [1.807, 2.05) is 12.1 Å². The minimum atomic E-state index is -0.239. The summed E-state index contributed by atoms with van der Waals surface area (Å²) in [5.74, 6) is 0. The van der Waals surface area contributed by atoms with Crippen molar-refractivity contribution in [1.29, 1.82) is 0 Å². The molecule has 5 heteroatoms. The second kappa shape index (κ2) is 18.4. The molecule has 3 aromatic rings. The second-order valence-electron chi connectivity index (χ2n) is 8.13. The van der Waals surface area contributed by atoms with Crippen molar-refractivity contribution in [3.63, 3.8) is 0 Å². The molecule has 0 N–H and O–H groups in total. The molecule has 0 aliphatic rings. The molecule has 0 saturated carbocycles. The normalized spacial score (nSPS) is 9.24. The van der Waals surface area contributed by atoms with Crippen LogP contribution in [0.3, 0.4) is 0 Å². The summed E-state index contributed by atoms with van der Waals surface area (Å²) in [6, 6.07) is 7.30. The maximum atomic E-state index is 5.65. The van der Waals surface area contributed by atoms with Crippen molar-refractivity contribution < 1.29 is 39.0 Å². The Morgan fingerprint density at radius 2 is 0.824 bits per heavy atom. The molecule has 2 radical (unpaired) electrons. The van der Waals surface area contributed by atoms with Crippen molar-refractivity contribution >= 4 is 36.9 Å². The van der Waals surface area contributed by atoms with Crippen molar-refractivity contribution in [2.45, 2.75) is 73.8 Å². The van der Waals surface area contributed by atoms with Gasteiger partial charge in [-0.3, -0.25) is 4.58 Å². The second-order valence-corrected chi connectivity index (χ2v) is 9.81. The van der Waals surface area contributed by atoms with Crippen LogP contribution in [0.4, 0.5) is 0 Å². The Kier molecular flexibility index (Phi) is 22.4. The molecule has 0 atom stereocenters. The van der Waals surface area contributed by atoms with Gasteiger partial charge >= 0.3 is 0 Å². The fraction of sp³-hybridized carbons (Fsp3) is 0.379. The van der Waals surface area contributed by atoms with Crippen molar-refractivity contribution in [1.82, 2.24) is 0 Å². The van der Waals surface area contributed by atoms with E-state index in [2.05, 4.69) is 69.2 Å². The molecule has 3 rings (SSSR count). The Morgan fingerprint density at radius 3 is 0.971 bits per heavy atom. The maximum Gasteiger partial charge on any atom is 0.0406 e. The Labute approximate surface area is 253 Å². The molecular formula is C29H41ClRh2S2-6. The summed E-state index contributed by atoms with van der Waals surface area (Å²) in [6.07, 6.45) is 0. The first kappa shape index (κ1) is 41.3. The minimum Gasteiger partial charge on any atom is -0.810 e. The molecule has 0 saturated heterocycles. The van der Waals surface area contributed by atoms with Crippen LogP contribution in [0.2, 0.25) is 5.02 Å². The van der Waals surface area contributed by atoms with Gasteiger partial charge < -0.3 is 40.1 Å². The van der Waals surface area contributed by atoms with Gasteiger partial charge in [-0.2, -0.15) is 55.6 Å². The minimum absolute atomic E-state index is 0. The van der Waals surface area contributed by atoms with Crippen LogP contribution in [-0.4, -0.2) is 0 Å². The molecule has 3 aromatic carbocycles. The molecule has 0 bridgehead atoms. The molecule has 0 aromatic heterocycles. The van der Waals surface area contributed by atoms with Gasteiger partial charge in [-0.25, -0.2) is 0 Å². The molecule has 34 heavy (non-hydrogen) atoms. The third-order valence-electron chi connectivity index (χ3n) is 6.77. The van der Waals surface area contributed by atoms with Crippen molar-refractivity contribution in [2.24, 2.45) is 0 Å². The zero-order chi connectivity index (χ0) is 23.3. The Balaban J connectivity index is -0.000000187. The third-order valence-corrected chi connectivity index (χ3v) is 7.56. The van der Waals surface area contributed by atoms with Crippen LogP contribution in [-0.2, 0) is 64.2 Å². The van der Waals surface area contributed by atoms with Gasteiger partial charge in [0.15, 0.2) is 0 Å². The van der Waals surface area contributed by atoms with E-state index < -0.39 is 0 Å². The van der Waals surface area contributed by atoms with E-state index in [1.165, 1.54) is 55.6 Å². The van der Waals surface area contributed by atoms with E-state index in [0.717, 1.165) is 10.6 Å². The molecule has 0 fully saturated rings. The van der Waals surface area contributed by atoms with Crippen LogP contribution in [0.5, 0.6) is 0 Å². The Morgan fingerprint density at radius 1 is 0.588 bits per heavy atom. The molecule has 0 nitrogen and oxygen atoms in total. The summed E-state index contributed by atoms with van der Waals surface area (Å²) >= 11 is 15.4. The van der Waals surface area contributed by atoms with Crippen molar-refractivity contribution in [3.8, 4) is 0 Å². The van der Waals surface area contributed by atoms with Crippen LogP contribution < -0.4 is 0 Å². The van der Waals surface area contributed by atoms with Gasteiger partial charge in [-0.15, -0.1) is 0 Å². The van der Waals surface area contributed by atoms with Crippen molar-refractivity contribution in [3.05, 3.63) is 105 Å². The van der Waals surface area contributed by atoms with Crippen molar-refractivity contribution in [2.75, 3.05) is 0 Å².